The van der Waals surface area contributed by atoms with Gasteiger partial charge in [0.15, 0.2) is 0 Å². The molecule has 0 radical (unpaired) electrons. The average Bonchev–Trinajstić information content (AvgIpc) is 2.91. The van der Waals surface area contributed by atoms with Crippen molar-refractivity contribution in [1.29, 1.82) is 0 Å². The Balaban J connectivity index is 1.82. The highest BCUT2D eigenvalue weighted by molar-refractivity contribution is 5.53. The van der Waals surface area contributed by atoms with E-state index in [4.69, 9.17) is 5.73 Å². The zero-order valence-corrected chi connectivity index (χ0v) is 10.5. The molecule has 1 aliphatic carbocycles. The zero-order valence-electron chi connectivity index (χ0n) is 10.5. The topological polar surface area (TPSA) is 87.3 Å². The van der Waals surface area contributed by atoms with Gasteiger partial charge in [0.05, 0.1) is 6.10 Å². The van der Waals surface area contributed by atoms with Crippen LogP contribution in [0.15, 0.2) is 6.07 Å². The Hall–Kier alpha value is -1.56. The van der Waals surface area contributed by atoms with Crippen LogP contribution in [0, 0.1) is 11.8 Å². The normalized spacial score (nSPS) is 30.6. The lowest BCUT2D eigenvalue weighted by molar-refractivity contribution is 0.133. The number of aromatic nitrogens is 2. The predicted octanol–water partition coefficient (Wildman–Crippen LogP) is 0.308. The Kier molecular flexibility index (Phi) is 2.74. The van der Waals surface area contributed by atoms with Crippen LogP contribution in [0.5, 0.6) is 0 Å². The molecule has 0 aromatic carbocycles. The summed E-state index contributed by atoms with van der Waals surface area (Å²) in [7, 11) is 1.81. The fraction of sp³-hybridized carbons (Fsp3) is 0.667. The monoisotopic (exact) mass is 249 g/mol. The summed E-state index contributed by atoms with van der Waals surface area (Å²) in [6.45, 7) is 1.83. The summed E-state index contributed by atoms with van der Waals surface area (Å²) < 4.78 is 0. The first-order valence-corrected chi connectivity index (χ1v) is 6.42. The first kappa shape index (κ1) is 11.5. The first-order valence-electron chi connectivity index (χ1n) is 6.42. The van der Waals surface area contributed by atoms with Crippen molar-refractivity contribution in [2.75, 3.05) is 36.1 Å². The molecule has 2 aliphatic rings. The number of fused-ring (bicyclic) bond motifs is 1. The van der Waals surface area contributed by atoms with E-state index >= 15 is 0 Å². The van der Waals surface area contributed by atoms with E-state index in [2.05, 4.69) is 20.2 Å². The molecule has 1 aromatic heterocycles. The summed E-state index contributed by atoms with van der Waals surface area (Å²) in [5, 5.41) is 12.9. The lowest BCUT2D eigenvalue weighted by Crippen LogP contribution is -2.25. The lowest BCUT2D eigenvalue weighted by Gasteiger charge is -2.20. The number of nitrogens with one attached hydrogen (secondary N) is 1. The molecule has 2 heterocycles. The highest BCUT2D eigenvalue weighted by atomic mass is 16.3. The Labute approximate surface area is 106 Å². The maximum atomic E-state index is 9.92. The number of aliphatic hydroxyl groups excluding tert-OH is 1. The van der Waals surface area contributed by atoms with E-state index < -0.39 is 0 Å². The molecule has 1 aromatic rings. The molecule has 1 saturated heterocycles. The number of nitrogens with zero attached hydrogens (tertiary/aromatic N) is 3. The molecule has 0 bridgehead atoms. The molecule has 3 rings (SSSR count). The molecule has 1 aliphatic heterocycles. The van der Waals surface area contributed by atoms with Gasteiger partial charge in [-0.15, -0.1) is 0 Å². The summed E-state index contributed by atoms with van der Waals surface area (Å²) in [5.74, 6) is 2.85. The summed E-state index contributed by atoms with van der Waals surface area (Å²) in [6, 6.07) is 1.91. The van der Waals surface area contributed by atoms with E-state index in [1.807, 2.05) is 13.1 Å². The third kappa shape index (κ3) is 1.86. The minimum atomic E-state index is -0.150. The molecule has 1 saturated carbocycles. The number of rotatable bonds is 2. The molecular formula is C12H19N5O. The van der Waals surface area contributed by atoms with Crippen molar-refractivity contribution in [1.82, 2.24) is 9.97 Å². The zero-order chi connectivity index (χ0) is 12.7. The molecule has 18 heavy (non-hydrogen) atoms. The smallest absolute Gasteiger partial charge is 0.223 e. The number of hydrogen-bond donors (Lipinski definition) is 3. The number of anilines is 3. The Bertz CT molecular complexity index is 452. The highest BCUT2D eigenvalue weighted by Crippen LogP contribution is 2.39. The minimum absolute atomic E-state index is 0.150. The molecular weight excluding hydrogens is 230 g/mol. The first-order chi connectivity index (χ1) is 8.67. The molecule has 6 nitrogen and oxygen atoms in total. The Morgan fingerprint density at radius 2 is 2.22 bits per heavy atom. The molecule has 6 heteroatoms. The van der Waals surface area contributed by atoms with E-state index in [0.29, 0.717) is 11.8 Å². The molecule has 3 unspecified atom stereocenters. The molecule has 4 N–H and O–H groups in total. The van der Waals surface area contributed by atoms with Crippen LogP contribution in [-0.4, -0.2) is 41.3 Å². The van der Waals surface area contributed by atoms with Gasteiger partial charge in [-0.1, -0.05) is 0 Å². The van der Waals surface area contributed by atoms with Crippen LogP contribution >= 0.6 is 0 Å². The van der Waals surface area contributed by atoms with Crippen LogP contribution < -0.4 is 16.0 Å². The number of hydrogen-bond acceptors (Lipinski definition) is 6. The van der Waals surface area contributed by atoms with Crippen molar-refractivity contribution in [3.63, 3.8) is 0 Å². The molecule has 98 valence electrons. The van der Waals surface area contributed by atoms with Gasteiger partial charge in [-0.05, 0) is 18.8 Å². The van der Waals surface area contributed by atoms with Crippen molar-refractivity contribution >= 4 is 17.6 Å². The van der Waals surface area contributed by atoms with Gasteiger partial charge in [0.2, 0.25) is 5.95 Å². The van der Waals surface area contributed by atoms with Crippen LogP contribution in [0.1, 0.15) is 12.8 Å². The minimum Gasteiger partial charge on any atom is -0.393 e. The predicted molar refractivity (Wildman–Crippen MR) is 70.4 cm³/mol. The summed E-state index contributed by atoms with van der Waals surface area (Å²) >= 11 is 0. The van der Waals surface area contributed by atoms with Gasteiger partial charge >= 0.3 is 0 Å². The third-order valence-corrected chi connectivity index (χ3v) is 4.13. The van der Waals surface area contributed by atoms with Crippen LogP contribution in [-0.2, 0) is 0 Å². The summed E-state index contributed by atoms with van der Waals surface area (Å²) in [5.41, 5.74) is 5.71. The van der Waals surface area contributed by atoms with E-state index in [0.717, 1.165) is 37.6 Å². The van der Waals surface area contributed by atoms with Gasteiger partial charge < -0.3 is 21.1 Å². The standard InChI is InChI=1S/C12H19N5O/c1-14-10-4-11(16-12(13)15-10)17-5-7-2-3-9(18)8(7)6-17/h4,7-9,18H,2-3,5-6H2,1H3,(H3,13,14,15,16). The second kappa shape index (κ2) is 4.28. The Morgan fingerprint density at radius 3 is 2.94 bits per heavy atom. The molecule has 3 atom stereocenters. The second-order valence-corrected chi connectivity index (χ2v) is 5.19. The van der Waals surface area contributed by atoms with E-state index in [-0.39, 0.29) is 12.1 Å². The fourth-order valence-electron chi connectivity index (χ4n) is 3.17. The molecule has 2 fully saturated rings. The van der Waals surface area contributed by atoms with E-state index in [1.54, 1.807) is 0 Å². The fourth-order valence-corrected chi connectivity index (χ4v) is 3.17. The van der Waals surface area contributed by atoms with Gasteiger partial charge in [-0.2, -0.15) is 9.97 Å². The van der Waals surface area contributed by atoms with Gasteiger partial charge in [0.25, 0.3) is 0 Å². The number of aliphatic hydroxyl groups is 1. The summed E-state index contributed by atoms with van der Waals surface area (Å²) in [6.07, 6.45) is 1.90. The van der Waals surface area contributed by atoms with Crippen molar-refractivity contribution in [2.45, 2.75) is 18.9 Å². The lowest BCUT2D eigenvalue weighted by atomic mass is 10.00. The van der Waals surface area contributed by atoms with Crippen LogP contribution in [0.2, 0.25) is 0 Å². The second-order valence-electron chi connectivity index (χ2n) is 5.19. The van der Waals surface area contributed by atoms with Crippen LogP contribution in [0.3, 0.4) is 0 Å². The maximum absolute atomic E-state index is 9.92. The molecule has 0 spiro atoms. The van der Waals surface area contributed by atoms with Crippen molar-refractivity contribution < 1.29 is 5.11 Å². The molecule has 0 amide bonds. The average molecular weight is 249 g/mol. The van der Waals surface area contributed by atoms with Crippen LogP contribution in [0.4, 0.5) is 17.6 Å². The third-order valence-electron chi connectivity index (χ3n) is 4.13. The van der Waals surface area contributed by atoms with Gasteiger partial charge in [0, 0.05) is 32.1 Å². The van der Waals surface area contributed by atoms with Crippen molar-refractivity contribution in [2.24, 2.45) is 11.8 Å². The number of nitrogens with two attached hydrogens (primary N) is 1. The van der Waals surface area contributed by atoms with Crippen LogP contribution in [0.25, 0.3) is 0 Å². The highest BCUT2D eigenvalue weighted by Gasteiger charge is 2.42. The van der Waals surface area contributed by atoms with Gasteiger partial charge in [-0.25, -0.2) is 0 Å². The maximum Gasteiger partial charge on any atom is 0.223 e. The quantitative estimate of drug-likeness (QED) is 0.699. The van der Waals surface area contributed by atoms with Crippen molar-refractivity contribution in [3.05, 3.63) is 6.07 Å². The van der Waals surface area contributed by atoms with E-state index in [9.17, 15) is 5.11 Å². The SMILES string of the molecule is CNc1cc(N2CC3CCC(O)C3C2)nc(N)n1. The van der Waals surface area contributed by atoms with Crippen molar-refractivity contribution in [3.8, 4) is 0 Å². The summed E-state index contributed by atoms with van der Waals surface area (Å²) in [4.78, 5) is 10.6. The van der Waals surface area contributed by atoms with E-state index in [1.165, 1.54) is 0 Å². The van der Waals surface area contributed by atoms with Gasteiger partial charge in [-0.3, -0.25) is 0 Å². The largest absolute Gasteiger partial charge is 0.393 e. The Morgan fingerprint density at radius 1 is 1.39 bits per heavy atom. The number of nitrogen functional groups attached to an aromatic ring is 1. The van der Waals surface area contributed by atoms with Gasteiger partial charge in [0.1, 0.15) is 11.6 Å².